The van der Waals surface area contributed by atoms with Crippen LogP contribution in [-0.4, -0.2) is 19.9 Å². The molecule has 2 aliphatic rings. The molecule has 10 heteroatoms. The van der Waals surface area contributed by atoms with Crippen LogP contribution in [0.5, 0.6) is 0 Å². The molecule has 2 atom stereocenters. The van der Waals surface area contributed by atoms with Crippen molar-refractivity contribution in [3.8, 4) is 22.5 Å². The second kappa shape index (κ2) is 8.07. The molecule has 5 aromatic rings. The van der Waals surface area contributed by atoms with Crippen LogP contribution in [0, 0.1) is 0 Å². The number of hydrogen-bond donors (Lipinski definition) is 6. The van der Waals surface area contributed by atoms with Gasteiger partial charge in [0.05, 0.1) is 34.6 Å². The van der Waals surface area contributed by atoms with Crippen LogP contribution in [0.2, 0.25) is 0 Å². The number of aromatic amines is 4. The minimum atomic E-state index is -0.609. The molecule has 0 amide bonds. The van der Waals surface area contributed by atoms with Gasteiger partial charge in [0, 0.05) is 22.5 Å². The van der Waals surface area contributed by atoms with Gasteiger partial charge in [-0.1, -0.05) is 60.7 Å². The molecule has 3 aromatic carbocycles. The first-order chi connectivity index (χ1) is 18.5. The maximum Gasteiger partial charge on any atom is 0.326 e. The highest BCUT2D eigenvalue weighted by Crippen LogP contribution is 2.47. The Labute approximate surface area is 213 Å². The van der Waals surface area contributed by atoms with Gasteiger partial charge in [-0.3, -0.25) is 19.6 Å². The number of fused-ring (bicyclic) bond motifs is 6. The zero-order valence-electron chi connectivity index (χ0n) is 19.7. The third kappa shape index (κ3) is 3.27. The number of aromatic nitrogens is 4. The molecule has 2 aliphatic heterocycles. The molecule has 186 valence electrons. The van der Waals surface area contributed by atoms with Crippen LogP contribution in [0.3, 0.4) is 0 Å². The van der Waals surface area contributed by atoms with Crippen molar-refractivity contribution in [3.63, 3.8) is 0 Å². The molecule has 0 bridgehead atoms. The Morgan fingerprint density at radius 2 is 0.895 bits per heavy atom. The van der Waals surface area contributed by atoms with Gasteiger partial charge in [-0.25, -0.2) is 9.59 Å². The molecule has 7 rings (SSSR count). The van der Waals surface area contributed by atoms with Crippen molar-refractivity contribution < 1.29 is 0 Å². The highest BCUT2D eigenvalue weighted by Gasteiger charge is 2.34. The molecule has 10 nitrogen and oxygen atoms in total. The Morgan fingerprint density at radius 3 is 1.29 bits per heavy atom. The van der Waals surface area contributed by atoms with Gasteiger partial charge in [0.15, 0.2) is 0 Å². The average Bonchev–Trinajstić information content (AvgIpc) is 2.92. The van der Waals surface area contributed by atoms with Gasteiger partial charge in [0.25, 0.3) is 11.1 Å². The van der Waals surface area contributed by atoms with E-state index in [1.165, 1.54) is 0 Å². The molecule has 4 heterocycles. The normalized spacial score (nSPS) is 16.7. The fraction of sp³-hybridized carbons (Fsp3) is 0.0714. The molecule has 6 N–H and O–H groups in total. The Morgan fingerprint density at radius 1 is 0.500 bits per heavy atom. The van der Waals surface area contributed by atoms with Crippen molar-refractivity contribution >= 4 is 11.4 Å². The second-order valence-corrected chi connectivity index (χ2v) is 9.31. The predicted octanol–water partition coefficient (Wildman–Crippen LogP) is 2.80. The lowest BCUT2D eigenvalue weighted by Crippen LogP contribution is -2.34. The maximum atomic E-state index is 13.0. The quantitative estimate of drug-likeness (QED) is 0.217. The van der Waals surface area contributed by atoms with Crippen LogP contribution in [0.1, 0.15) is 34.3 Å². The van der Waals surface area contributed by atoms with E-state index in [-0.39, 0.29) is 0 Å². The van der Waals surface area contributed by atoms with E-state index in [9.17, 15) is 19.2 Å². The largest absolute Gasteiger partial charge is 0.373 e. The SMILES string of the molecule is O=c1[nH]c2c(c(=O)[nH]1)C(c1ccccc1)Nc1cc3c(cc1-2)NC(c1ccccc1)c1c-3[nH]c(=O)[nH]c1=O. The molecule has 2 aromatic heterocycles. The number of rotatable bonds is 2. The first-order valence-corrected chi connectivity index (χ1v) is 12.0. The molecule has 0 spiro atoms. The van der Waals surface area contributed by atoms with Crippen molar-refractivity contribution in [1.82, 2.24) is 19.9 Å². The Kier molecular flexibility index (Phi) is 4.64. The lowest BCUT2D eigenvalue weighted by atomic mass is 9.86. The summed E-state index contributed by atoms with van der Waals surface area (Å²) in [4.78, 5) is 61.1. The number of H-pyrrole nitrogens is 4. The smallest absolute Gasteiger partial charge is 0.326 e. The second-order valence-electron chi connectivity index (χ2n) is 9.31. The van der Waals surface area contributed by atoms with Crippen molar-refractivity contribution in [2.75, 3.05) is 10.6 Å². The van der Waals surface area contributed by atoms with Crippen LogP contribution in [0.15, 0.2) is 92.0 Å². The molecule has 0 fully saturated rings. The maximum absolute atomic E-state index is 13.0. The molecule has 0 aliphatic carbocycles. The zero-order valence-corrected chi connectivity index (χ0v) is 19.7. The third-order valence-electron chi connectivity index (χ3n) is 7.10. The summed E-state index contributed by atoms with van der Waals surface area (Å²) in [5.74, 6) is 0. The average molecular weight is 505 g/mol. The van der Waals surface area contributed by atoms with Gasteiger partial charge in [0.1, 0.15) is 0 Å². The first kappa shape index (κ1) is 21.9. The zero-order chi connectivity index (χ0) is 26.0. The predicted molar refractivity (Wildman–Crippen MR) is 144 cm³/mol. The molecule has 0 radical (unpaired) electrons. The van der Waals surface area contributed by atoms with E-state index in [4.69, 9.17) is 0 Å². The third-order valence-corrected chi connectivity index (χ3v) is 7.10. The lowest BCUT2D eigenvalue weighted by molar-refractivity contribution is 0.857. The molecule has 0 saturated heterocycles. The summed E-state index contributed by atoms with van der Waals surface area (Å²) in [6, 6.07) is 21.4. The number of nitrogens with one attached hydrogen (secondary N) is 6. The summed E-state index contributed by atoms with van der Waals surface area (Å²) in [6.07, 6.45) is 0. The van der Waals surface area contributed by atoms with Crippen molar-refractivity contribution in [2.45, 2.75) is 12.1 Å². The van der Waals surface area contributed by atoms with Gasteiger partial charge in [-0.15, -0.1) is 0 Å². The summed E-state index contributed by atoms with van der Waals surface area (Å²) in [5, 5.41) is 6.87. The van der Waals surface area contributed by atoms with E-state index in [2.05, 4.69) is 30.6 Å². The van der Waals surface area contributed by atoms with Crippen molar-refractivity contribution in [3.05, 3.63) is 137 Å². The monoisotopic (exact) mass is 504 g/mol. The van der Waals surface area contributed by atoms with Gasteiger partial charge in [-0.05, 0) is 23.3 Å². The summed E-state index contributed by atoms with van der Waals surface area (Å²) < 4.78 is 0. The number of hydrogen-bond acceptors (Lipinski definition) is 6. The molecule has 38 heavy (non-hydrogen) atoms. The lowest BCUT2D eigenvalue weighted by Gasteiger charge is -2.33. The minimum Gasteiger partial charge on any atom is -0.373 e. The molecular formula is C28H20N6O4. The number of benzene rings is 3. The Hall–Kier alpha value is -5.38. The summed E-state index contributed by atoms with van der Waals surface area (Å²) in [6.45, 7) is 0. The molecular weight excluding hydrogens is 484 g/mol. The van der Waals surface area contributed by atoms with E-state index in [1.807, 2.05) is 72.8 Å². The molecule has 0 saturated carbocycles. The van der Waals surface area contributed by atoms with E-state index < -0.39 is 34.6 Å². The Bertz CT molecular complexity index is 1830. The standard InChI is InChI=1S/C28H20N6O4/c35-25-19-21(13-7-3-1-4-8-13)29-17-11-16-18(12-15(17)23(19)31-27(37)33-25)30-22(14-9-5-2-6-10-14)20-24(16)32-28(38)34-26(20)36/h1-12,21-22,29-30H,(H2,31,33,35,37)(H2,32,34,36,38). The van der Waals surface area contributed by atoms with Crippen LogP contribution in [0.25, 0.3) is 22.5 Å². The topological polar surface area (TPSA) is 155 Å². The number of anilines is 2. The van der Waals surface area contributed by atoms with Crippen molar-refractivity contribution in [1.29, 1.82) is 0 Å². The van der Waals surface area contributed by atoms with Crippen LogP contribution in [-0.2, 0) is 0 Å². The first-order valence-electron chi connectivity index (χ1n) is 12.0. The Balaban J connectivity index is 1.50. The van der Waals surface area contributed by atoms with E-state index >= 15 is 0 Å². The van der Waals surface area contributed by atoms with E-state index in [0.29, 0.717) is 45.0 Å². The van der Waals surface area contributed by atoms with Gasteiger partial charge in [0.2, 0.25) is 0 Å². The summed E-state index contributed by atoms with van der Waals surface area (Å²) in [7, 11) is 0. The fourth-order valence-corrected chi connectivity index (χ4v) is 5.47. The van der Waals surface area contributed by atoms with Gasteiger partial charge in [-0.2, -0.15) is 0 Å². The van der Waals surface area contributed by atoms with E-state index in [0.717, 1.165) is 11.1 Å². The van der Waals surface area contributed by atoms with Gasteiger partial charge >= 0.3 is 11.4 Å². The highest BCUT2D eigenvalue weighted by molar-refractivity contribution is 5.93. The van der Waals surface area contributed by atoms with E-state index in [1.54, 1.807) is 0 Å². The highest BCUT2D eigenvalue weighted by atomic mass is 16.2. The summed E-state index contributed by atoms with van der Waals surface area (Å²) in [5.41, 5.74) is 3.60. The minimum absolute atomic E-state index is 0.393. The van der Waals surface area contributed by atoms with Gasteiger partial charge < -0.3 is 20.6 Å². The van der Waals surface area contributed by atoms with Crippen molar-refractivity contribution in [2.24, 2.45) is 0 Å². The van der Waals surface area contributed by atoms with Crippen LogP contribution in [0.4, 0.5) is 11.4 Å². The molecule has 2 unspecified atom stereocenters. The van der Waals surface area contributed by atoms with Crippen LogP contribution < -0.4 is 33.1 Å². The van der Waals surface area contributed by atoms with Crippen LogP contribution >= 0.6 is 0 Å². The summed E-state index contributed by atoms with van der Waals surface area (Å²) >= 11 is 0. The fourth-order valence-electron chi connectivity index (χ4n) is 5.47.